The molecule has 2 aromatic carbocycles. The summed E-state index contributed by atoms with van der Waals surface area (Å²) in [6.07, 6.45) is -5.05. The highest BCUT2D eigenvalue weighted by atomic mass is 19.4. The highest BCUT2D eigenvalue weighted by Gasteiger charge is 2.64. The Labute approximate surface area is 196 Å². The van der Waals surface area contributed by atoms with Crippen LogP contribution < -0.4 is 11.1 Å². The molecule has 1 amide bonds. The lowest BCUT2D eigenvalue weighted by Gasteiger charge is -2.48. The number of imidazole rings is 1. The third-order valence-corrected chi connectivity index (χ3v) is 6.23. The maximum absolute atomic E-state index is 14.2. The van der Waals surface area contributed by atoms with Gasteiger partial charge in [-0.05, 0) is 47.7 Å². The number of hydrogen-bond acceptors (Lipinski definition) is 5. The number of nitrogens with two attached hydrogens (primary N) is 1. The van der Waals surface area contributed by atoms with Crippen molar-refractivity contribution < 1.29 is 37.0 Å². The zero-order valence-corrected chi connectivity index (χ0v) is 18.5. The third-order valence-electron chi connectivity index (χ3n) is 6.23. The van der Waals surface area contributed by atoms with E-state index in [9.17, 15) is 37.0 Å². The number of aromatic hydroxyl groups is 1. The molecule has 186 valence electrons. The fourth-order valence-electron chi connectivity index (χ4n) is 4.66. The summed E-state index contributed by atoms with van der Waals surface area (Å²) in [6.45, 7) is 2.64. The van der Waals surface area contributed by atoms with Crippen molar-refractivity contribution >= 4 is 11.7 Å². The number of amides is 1. The largest absolute Gasteiger partial charge is 0.505 e. The van der Waals surface area contributed by atoms with Crippen molar-refractivity contribution in [3.05, 3.63) is 71.2 Å². The molecule has 0 aliphatic heterocycles. The molecule has 7 nitrogen and oxygen atoms in total. The van der Waals surface area contributed by atoms with Gasteiger partial charge in [-0.15, -0.1) is 0 Å². The Bertz CT molecular complexity index is 1300. The molecule has 1 heterocycles. The van der Waals surface area contributed by atoms with Gasteiger partial charge in [-0.3, -0.25) is 9.36 Å². The van der Waals surface area contributed by atoms with Crippen LogP contribution in [0.4, 0.5) is 27.8 Å². The summed E-state index contributed by atoms with van der Waals surface area (Å²) < 4.78 is 71.1. The van der Waals surface area contributed by atoms with E-state index in [1.807, 2.05) is 0 Å². The van der Waals surface area contributed by atoms with Crippen LogP contribution in [0.5, 0.6) is 5.75 Å². The Morgan fingerprint density at radius 1 is 1.17 bits per heavy atom. The average Bonchev–Trinajstić information content (AvgIpc) is 3.13. The molecule has 0 fully saturated rings. The van der Waals surface area contributed by atoms with E-state index in [2.05, 4.69) is 10.3 Å². The van der Waals surface area contributed by atoms with Crippen LogP contribution in [0.2, 0.25) is 0 Å². The second kappa shape index (κ2) is 7.94. The van der Waals surface area contributed by atoms with Crippen LogP contribution in [0.15, 0.2) is 42.7 Å². The van der Waals surface area contributed by atoms with Crippen LogP contribution in [0, 0.1) is 11.6 Å². The third kappa shape index (κ3) is 3.87. The van der Waals surface area contributed by atoms with Gasteiger partial charge in [0.2, 0.25) is 0 Å². The molecule has 4 rings (SSSR count). The molecular weight excluding hydrogens is 475 g/mol. The number of aliphatic hydroxyl groups is 1. The Hall–Kier alpha value is -3.67. The Morgan fingerprint density at radius 3 is 2.40 bits per heavy atom. The lowest BCUT2D eigenvalue weighted by molar-refractivity contribution is -0.280. The molecule has 1 aliphatic carbocycles. The number of halogens is 5. The molecule has 0 spiro atoms. The summed E-state index contributed by atoms with van der Waals surface area (Å²) in [5.74, 6) is -3.83. The summed E-state index contributed by atoms with van der Waals surface area (Å²) in [5.41, 5.74) is 0.448. The molecular formula is C23H21F5N4O3. The Balaban J connectivity index is 1.79. The second-order valence-electron chi connectivity index (χ2n) is 9.07. The van der Waals surface area contributed by atoms with Crippen molar-refractivity contribution in [3.8, 4) is 11.4 Å². The monoisotopic (exact) mass is 496 g/mol. The van der Waals surface area contributed by atoms with Gasteiger partial charge in [0.05, 0.1) is 6.04 Å². The number of nitrogens with one attached hydrogen (secondary N) is 1. The molecule has 12 heteroatoms. The standard InChI is InChI=1S/C23H21F5N4O3/c1-21(2)9-22(35,23(26,27)28)18(13-7-8-14(25)17(33)15(13)21)31-20(34)16-19(29)32(10-30-16)12-5-3-11(24)4-6-12/h3-8,10,18,33,35H,9,29H2,1-2H3,(H,31,34)/t18-,22+/m0/s1. The van der Waals surface area contributed by atoms with Crippen LogP contribution in [0.1, 0.15) is 47.9 Å². The van der Waals surface area contributed by atoms with E-state index >= 15 is 0 Å². The summed E-state index contributed by atoms with van der Waals surface area (Å²) in [7, 11) is 0. The average molecular weight is 496 g/mol. The Kier molecular flexibility index (Phi) is 5.55. The number of phenolic OH excluding ortho intramolecular Hbond substituents is 1. The first kappa shape index (κ1) is 24.5. The van der Waals surface area contributed by atoms with Crippen molar-refractivity contribution in [2.24, 2.45) is 0 Å². The van der Waals surface area contributed by atoms with Gasteiger partial charge in [-0.25, -0.2) is 13.8 Å². The smallest absolute Gasteiger partial charge is 0.419 e. The van der Waals surface area contributed by atoms with E-state index in [1.165, 1.54) is 30.5 Å². The number of nitrogen functional groups attached to an aromatic ring is 1. The normalized spacial score (nSPS) is 21.4. The van der Waals surface area contributed by atoms with E-state index in [1.54, 1.807) is 0 Å². The molecule has 0 radical (unpaired) electrons. The molecule has 0 bridgehead atoms. The van der Waals surface area contributed by atoms with E-state index in [0.717, 1.165) is 30.6 Å². The first-order valence-electron chi connectivity index (χ1n) is 10.4. The fraction of sp³-hybridized carbons (Fsp3) is 0.304. The summed E-state index contributed by atoms with van der Waals surface area (Å²) in [4.78, 5) is 16.9. The summed E-state index contributed by atoms with van der Waals surface area (Å²) in [5, 5.41) is 23.3. The number of rotatable bonds is 3. The number of hydrogen-bond donors (Lipinski definition) is 4. The van der Waals surface area contributed by atoms with Gasteiger partial charge in [-0.1, -0.05) is 19.9 Å². The second-order valence-corrected chi connectivity index (χ2v) is 9.07. The maximum atomic E-state index is 14.2. The van der Waals surface area contributed by atoms with Gasteiger partial charge in [0.15, 0.2) is 22.9 Å². The zero-order valence-electron chi connectivity index (χ0n) is 18.5. The van der Waals surface area contributed by atoms with Gasteiger partial charge in [0, 0.05) is 11.3 Å². The molecule has 2 atom stereocenters. The molecule has 5 N–H and O–H groups in total. The van der Waals surface area contributed by atoms with Crippen LogP contribution >= 0.6 is 0 Å². The number of fused-ring (bicyclic) bond motifs is 1. The van der Waals surface area contributed by atoms with Crippen LogP contribution in [-0.2, 0) is 5.41 Å². The predicted octanol–water partition coefficient (Wildman–Crippen LogP) is 3.88. The quantitative estimate of drug-likeness (QED) is 0.411. The summed E-state index contributed by atoms with van der Waals surface area (Å²) in [6, 6.07) is 4.62. The number of nitrogens with zero attached hydrogens (tertiary/aromatic N) is 2. The zero-order chi connectivity index (χ0) is 25.9. The van der Waals surface area contributed by atoms with Crippen LogP contribution in [0.25, 0.3) is 5.69 Å². The molecule has 1 aliphatic rings. The predicted molar refractivity (Wildman–Crippen MR) is 115 cm³/mol. The van der Waals surface area contributed by atoms with E-state index in [0.29, 0.717) is 5.69 Å². The number of carbonyl (C=O) groups excluding carboxylic acids is 1. The van der Waals surface area contributed by atoms with Crippen molar-refractivity contribution in [3.63, 3.8) is 0 Å². The van der Waals surface area contributed by atoms with Crippen molar-refractivity contribution in [2.75, 3.05) is 5.73 Å². The highest BCUT2D eigenvalue weighted by Crippen LogP contribution is 2.55. The minimum absolute atomic E-state index is 0.165. The molecule has 0 saturated carbocycles. The van der Waals surface area contributed by atoms with E-state index < -0.39 is 58.6 Å². The minimum Gasteiger partial charge on any atom is -0.505 e. The summed E-state index contributed by atoms with van der Waals surface area (Å²) >= 11 is 0. The molecule has 0 unspecified atom stereocenters. The Morgan fingerprint density at radius 2 is 1.80 bits per heavy atom. The lowest BCUT2D eigenvalue weighted by Crippen LogP contribution is -2.60. The minimum atomic E-state index is -5.21. The number of carbonyl (C=O) groups is 1. The number of benzene rings is 2. The maximum Gasteiger partial charge on any atom is 0.419 e. The number of anilines is 1. The fourth-order valence-corrected chi connectivity index (χ4v) is 4.66. The van der Waals surface area contributed by atoms with Gasteiger partial charge >= 0.3 is 6.18 Å². The molecule has 35 heavy (non-hydrogen) atoms. The SMILES string of the molecule is CC1(C)C[C@](O)(C(F)(F)F)[C@@H](NC(=O)c2ncn(-c3ccc(F)cc3)c2N)c2ccc(F)c(O)c21. The van der Waals surface area contributed by atoms with Gasteiger partial charge in [0.1, 0.15) is 18.0 Å². The lowest BCUT2D eigenvalue weighted by atomic mass is 9.63. The van der Waals surface area contributed by atoms with Crippen molar-refractivity contribution in [2.45, 2.75) is 43.5 Å². The number of phenols is 1. The van der Waals surface area contributed by atoms with Crippen molar-refractivity contribution in [1.29, 1.82) is 0 Å². The highest BCUT2D eigenvalue weighted by molar-refractivity contribution is 5.97. The first-order valence-corrected chi connectivity index (χ1v) is 10.4. The number of alkyl halides is 3. The van der Waals surface area contributed by atoms with Gasteiger partial charge in [-0.2, -0.15) is 13.2 Å². The van der Waals surface area contributed by atoms with E-state index in [-0.39, 0.29) is 16.9 Å². The van der Waals surface area contributed by atoms with E-state index in [4.69, 9.17) is 5.73 Å². The van der Waals surface area contributed by atoms with Gasteiger partial charge < -0.3 is 21.3 Å². The van der Waals surface area contributed by atoms with Crippen LogP contribution in [-0.4, -0.2) is 37.4 Å². The topological polar surface area (TPSA) is 113 Å². The number of aromatic nitrogens is 2. The molecule has 1 aromatic heterocycles. The van der Waals surface area contributed by atoms with Crippen molar-refractivity contribution in [1.82, 2.24) is 14.9 Å². The molecule has 0 saturated heterocycles. The first-order chi connectivity index (χ1) is 16.2. The van der Waals surface area contributed by atoms with Crippen LogP contribution in [0.3, 0.4) is 0 Å². The molecule has 3 aromatic rings. The van der Waals surface area contributed by atoms with Gasteiger partial charge in [0.25, 0.3) is 5.91 Å².